The Morgan fingerprint density at radius 2 is 2.12 bits per heavy atom. The zero-order valence-corrected chi connectivity index (χ0v) is 15.1. The maximum Gasteiger partial charge on any atom is 0.199 e. The summed E-state index contributed by atoms with van der Waals surface area (Å²) in [5, 5.41) is 7.66. The summed E-state index contributed by atoms with van der Waals surface area (Å²) >= 11 is 1.66. The number of nitrogens with one attached hydrogen (secondary N) is 2. The highest BCUT2D eigenvalue weighted by Crippen LogP contribution is 2.33. The van der Waals surface area contributed by atoms with Crippen LogP contribution in [-0.4, -0.2) is 35.2 Å². The van der Waals surface area contributed by atoms with E-state index in [-0.39, 0.29) is 0 Å². The van der Waals surface area contributed by atoms with Crippen LogP contribution in [0.25, 0.3) is 10.2 Å². The third-order valence-electron chi connectivity index (χ3n) is 5.51. The van der Waals surface area contributed by atoms with E-state index in [1.807, 2.05) is 18.2 Å². The zero-order chi connectivity index (χ0) is 16.5. The van der Waals surface area contributed by atoms with E-state index in [1.165, 1.54) is 24.0 Å². The molecule has 2 N–H and O–H groups in total. The third kappa shape index (κ3) is 3.13. The normalized spacial score (nSPS) is 28.4. The van der Waals surface area contributed by atoms with Crippen molar-refractivity contribution in [2.45, 2.75) is 39.2 Å². The van der Waals surface area contributed by atoms with Crippen molar-refractivity contribution in [2.75, 3.05) is 18.7 Å². The Kier molecular flexibility index (Phi) is 4.41. The molecule has 24 heavy (non-hydrogen) atoms. The van der Waals surface area contributed by atoms with Crippen molar-refractivity contribution < 1.29 is 0 Å². The molecule has 5 nitrogen and oxygen atoms in total. The maximum atomic E-state index is 4.70. The molecule has 0 bridgehead atoms. The molecule has 0 spiro atoms. The number of aliphatic imine (C=N–C) groups is 1. The Bertz CT molecular complexity index is 707. The van der Waals surface area contributed by atoms with Gasteiger partial charge in [0.2, 0.25) is 0 Å². The lowest BCUT2D eigenvalue weighted by Crippen LogP contribution is -2.53. The quantitative estimate of drug-likeness (QED) is 0.873. The lowest BCUT2D eigenvalue weighted by atomic mass is 9.77. The summed E-state index contributed by atoms with van der Waals surface area (Å²) in [4.78, 5) is 11.8. The number of hydrogen-bond donors (Lipinski definition) is 2. The molecule has 3 atom stereocenters. The first-order valence-corrected chi connectivity index (χ1v) is 9.67. The highest BCUT2D eigenvalue weighted by molar-refractivity contribution is 7.22. The van der Waals surface area contributed by atoms with E-state index in [2.05, 4.69) is 40.4 Å². The Labute approximate surface area is 147 Å². The summed E-state index contributed by atoms with van der Waals surface area (Å²) in [5.41, 5.74) is 1.04. The summed E-state index contributed by atoms with van der Waals surface area (Å²) in [7, 11) is 0. The molecule has 128 valence electrons. The van der Waals surface area contributed by atoms with Crippen LogP contribution in [-0.2, 0) is 0 Å². The third-order valence-corrected chi connectivity index (χ3v) is 6.46. The van der Waals surface area contributed by atoms with Crippen LogP contribution in [0, 0.1) is 11.8 Å². The zero-order valence-electron chi connectivity index (χ0n) is 14.3. The monoisotopic (exact) mass is 343 g/mol. The molecule has 0 unspecified atom stereocenters. The topological polar surface area (TPSA) is 52.5 Å². The summed E-state index contributed by atoms with van der Waals surface area (Å²) in [6, 6.07) is 8.86. The molecule has 1 saturated carbocycles. The van der Waals surface area contributed by atoms with Crippen molar-refractivity contribution in [1.29, 1.82) is 0 Å². The smallest absolute Gasteiger partial charge is 0.199 e. The molecule has 0 saturated heterocycles. The van der Waals surface area contributed by atoms with Gasteiger partial charge in [-0.2, -0.15) is 0 Å². The van der Waals surface area contributed by atoms with Crippen LogP contribution < -0.4 is 10.6 Å². The predicted molar refractivity (Wildman–Crippen MR) is 101 cm³/mol. The van der Waals surface area contributed by atoms with Crippen LogP contribution in [0.3, 0.4) is 0 Å². The first-order valence-electron chi connectivity index (χ1n) is 8.85. The highest BCUT2D eigenvalue weighted by Gasteiger charge is 2.32. The fraction of sp³-hybridized carbons (Fsp3) is 0.556. The van der Waals surface area contributed by atoms with Crippen molar-refractivity contribution in [2.24, 2.45) is 16.8 Å². The summed E-state index contributed by atoms with van der Waals surface area (Å²) in [6.07, 6.45) is 4.00. The van der Waals surface area contributed by atoms with Crippen LogP contribution >= 0.6 is 11.3 Å². The molecule has 2 aromatic rings. The molecule has 1 fully saturated rings. The van der Waals surface area contributed by atoms with Gasteiger partial charge in [0.05, 0.1) is 23.6 Å². The fourth-order valence-electron chi connectivity index (χ4n) is 3.85. The van der Waals surface area contributed by atoms with E-state index in [0.29, 0.717) is 6.04 Å². The molecule has 4 rings (SSSR count). The number of aromatic nitrogens is 1. The maximum absolute atomic E-state index is 4.70. The molecule has 2 heterocycles. The number of hydrogen-bond acceptors (Lipinski definition) is 6. The van der Waals surface area contributed by atoms with Crippen molar-refractivity contribution in [1.82, 2.24) is 15.2 Å². The van der Waals surface area contributed by atoms with Crippen LogP contribution in [0.2, 0.25) is 0 Å². The number of thiazole rings is 1. The molecule has 1 aliphatic carbocycles. The lowest BCUT2D eigenvalue weighted by molar-refractivity contribution is 0.0771. The fourth-order valence-corrected chi connectivity index (χ4v) is 4.71. The molecule has 0 amide bonds. The summed E-state index contributed by atoms with van der Waals surface area (Å²) in [6.45, 7) is 6.41. The van der Waals surface area contributed by atoms with Crippen molar-refractivity contribution >= 4 is 32.6 Å². The van der Waals surface area contributed by atoms with Crippen molar-refractivity contribution in [3.63, 3.8) is 0 Å². The molecule has 1 aliphatic heterocycles. The first kappa shape index (κ1) is 15.8. The van der Waals surface area contributed by atoms with Gasteiger partial charge in [0, 0.05) is 6.04 Å². The van der Waals surface area contributed by atoms with E-state index in [4.69, 9.17) is 4.99 Å². The number of nitrogens with zero attached hydrogens (tertiary/aromatic N) is 3. The number of fused-ring (bicyclic) bond motifs is 1. The second kappa shape index (κ2) is 6.69. The van der Waals surface area contributed by atoms with Crippen molar-refractivity contribution in [3.8, 4) is 0 Å². The molecule has 2 aliphatic rings. The van der Waals surface area contributed by atoms with Gasteiger partial charge in [-0.3, -0.25) is 4.90 Å². The summed E-state index contributed by atoms with van der Waals surface area (Å²) in [5.74, 6) is 2.39. The van der Waals surface area contributed by atoms with E-state index in [9.17, 15) is 0 Å². The van der Waals surface area contributed by atoms with Gasteiger partial charge in [-0.15, -0.1) is 0 Å². The largest absolute Gasteiger partial charge is 0.343 e. The number of benzene rings is 1. The summed E-state index contributed by atoms with van der Waals surface area (Å²) < 4.78 is 1.20. The molecule has 1 aromatic heterocycles. The highest BCUT2D eigenvalue weighted by atomic mass is 32.1. The van der Waals surface area contributed by atoms with Crippen LogP contribution in [0.1, 0.15) is 33.1 Å². The van der Waals surface area contributed by atoms with Gasteiger partial charge >= 0.3 is 0 Å². The molecule has 1 aromatic carbocycles. The average Bonchev–Trinajstić information content (AvgIpc) is 3.00. The number of rotatable bonds is 2. The van der Waals surface area contributed by atoms with E-state index >= 15 is 0 Å². The first-order chi connectivity index (χ1) is 11.7. The molecule has 0 radical (unpaired) electrons. The van der Waals surface area contributed by atoms with Crippen molar-refractivity contribution in [3.05, 3.63) is 24.3 Å². The lowest BCUT2D eigenvalue weighted by Gasteiger charge is -2.42. The minimum Gasteiger partial charge on any atom is -0.343 e. The van der Waals surface area contributed by atoms with E-state index < -0.39 is 0 Å². The standard InChI is InChI=1S/C18H25N5S/c1-12-6-5-8-15(13(12)2)23-10-19-17(20-11-23)22-18-21-14-7-3-4-9-16(14)24-18/h3-4,7,9,12-13,15H,5-6,8,10-11H2,1-2H3,(H2,19,20,21,22)/t12-,13+,15-/m0/s1. The number of para-hydroxylation sites is 1. The van der Waals surface area contributed by atoms with E-state index in [0.717, 1.165) is 41.8 Å². The van der Waals surface area contributed by atoms with Crippen LogP contribution in [0.15, 0.2) is 29.3 Å². The van der Waals surface area contributed by atoms with Gasteiger partial charge < -0.3 is 10.6 Å². The predicted octanol–water partition coefficient (Wildman–Crippen LogP) is 3.71. The Morgan fingerprint density at radius 1 is 1.25 bits per heavy atom. The van der Waals surface area contributed by atoms with Gasteiger partial charge in [-0.05, 0) is 30.4 Å². The molecular formula is C18H25N5S. The Hall–Kier alpha value is -1.66. The second-order valence-electron chi connectivity index (χ2n) is 7.02. The number of anilines is 1. The van der Waals surface area contributed by atoms with Gasteiger partial charge in [0.15, 0.2) is 11.1 Å². The minimum absolute atomic E-state index is 0.647. The SMILES string of the molecule is C[C@@H]1[C@@H](C)CCC[C@@H]1N1CN=C(Nc2nc3ccccc3s2)NC1. The average molecular weight is 344 g/mol. The van der Waals surface area contributed by atoms with Gasteiger partial charge in [0.1, 0.15) is 0 Å². The van der Waals surface area contributed by atoms with Gasteiger partial charge in [0.25, 0.3) is 0 Å². The van der Waals surface area contributed by atoms with E-state index in [1.54, 1.807) is 11.3 Å². The molecule has 6 heteroatoms. The Balaban J connectivity index is 1.41. The minimum atomic E-state index is 0.647. The number of guanidine groups is 1. The van der Waals surface area contributed by atoms with Crippen LogP contribution in [0.5, 0.6) is 0 Å². The Morgan fingerprint density at radius 3 is 2.92 bits per heavy atom. The van der Waals surface area contributed by atoms with Crippen LogP contribution in [0.4, 0.5) is 5.13 Å². The second-order valence-corrected chi connectivity index (χ2v) is 8.05. The molecular weight excluding hydrogens is 318 g/mol. The van der Waals surface area contributed by atoms with Gasteiger partial charge in [-0.25, -0.2) is 9.98 Å². The van der Waals surface area contributed by atoms with Gasteiger partial charge in [-0.1, -0.05) is 50.2 Å².